The van der Waals surface area contributed by atoms with E-state index in [0.29, 0.717) is 12.6 Å². The third kappa shape index (κ3) is 4.35. The van der Waals surface area contributed by atoms with Crippen LogP contribution in [0.1, 0.15) is 42.6 Å². The lowest BCUT2D eigenvalue weighted by Crippen LogP contribution is -2.45. The highest BCUT2D eigenvalue weighted by molar-refractivity contribution is 5.32. The highest BCUT2D eigenvalue weighted by Gasteiger charge is 2.23. The van der Waals surface area contributed by atoms with Crippen LogP contribution >= 0.6 is 0 Å². The molecule has 2 aromatic heterocycles. The molecule has 144 valence electrons. The minimum atomic E-state index is 0.0391. The molecule has 7 heteroatoms. The first kappa shape index (κ1) is 18.1. The summed E-state index contributed by atoms with van der Waals surface area (Å²) in [7, 11) is 0. The Morgan fingerprint density at radius 1 is 1.15 bits per heavy atom. The van der Waals surface area contributed by atoms with E-state index in [1.165, 1.54) is 19.3 Å². The summed E-state index contributed by atoms with van der Waals surface area (Å²) >= 11 is 0. The van der Waals surface area contributed by atoms with Crippen molar-refractivity contribution < 1.29 is 0 Å². The van der Waals surface area contributed by atoms with Gasteiger partial charge in [-0.1, -0.05) is 6.42 Å². The summed E-state index contributed by atoms with van der Waals surface area (Å²) in [5.41, 5.74) is 3.23. The number of aryl methyl sites for hydroxylation is 3. The lowest BCUT2D eigenvalue weighted by Gasteiger charge is -2.35. The summed E-state index contributed by atoms with van der Waals surface area (Å²) < 4.78 is 1.66. The Balaban J connectivity index is 1.36. The highest BCUT2D eigenvalue weighted by Crippen LogP contribution is 2.19. The second kappa shape index (κ2) is 8.17. The monoisotopic (exact) mass is 368 g/mol. The van der Waals surface area contributed by atoms with Crippen LogP contribution in [-0.4, -0.2) is 50.6 Å². The van der Waals surface area contributed by atoms with Crippen molar-refractivity contribution >= 4 is 5.82 Å². The van der Waals surface area contributed by atoms with Crippen LogP contribution in [0.5, 0.6) is 0 Å². The Labute approximate surface area is 159 Å². The predicted molar refractivity (Wildman–Crippen MR) is 105 cm³/mol. The molecule has 0 spiro atoms. The summed E-state index contributed by atoms with van der Waals surface area (Å²) in [5.74, 6) is 0.822. The number of rotatable bonds is 6. The van der Waals surface area contributed by atoms with E-state index < -0.39 is 0 Å². The second-order valence-electron chi connectivity index (χ2n) is 7.66. The minimum absolute atomic E-state index is 0.0391. The lowest BCUT2D eigenvalue weighted by atomic mass is 10.0. The van der Waals surface area contributed by atoms with Gasteiger partial charge in [0.25, 0.3) is 5.56 Å². The van der Waals surface area contributed by atoms with E-state index in [1.54, 1.807) is 10.7 Å². The summed E-state index contributed by atoms with van der Waals surface area (Å²) in [6, 6.07) is 6.19. The molecule has 1 aliphatic heterocycles. The third-order valence-electron chi connectivity index (χ3n) is 5.69. The van der Waals surface area contributed by atoms with Crippen molar-refractivity contribution in [1.82, 2.24) is 24.9 Å². The first-order chi connectivity index (χ1) is 13.2. The normalized spacial score (nSPS) is 19.8. The number of piperidine rings is 1. The van der Waals surface area contributed by atoms with Crippen LogP contribution in [0.2, 0.25) is 0 Å². The maximum absolute atomic E-state index is 12.3. The van der Waals surface area contributed by atoms with Gasteiger partial charge in [0.15, 0.2) is 0 Å². The van der Waals surface area contributed by atoms with E-state index in [9.17, 15) is 4.79 Å². The van der Waals surface area contributed by atoms with Crippen LogP contribution in [0.25, 0.3) is 0 Å². The van der Waals surface area contributed by atoms with E-state index in [4.69, 9.17) is 0 Å². The average Bonchev–Trinajstić information content (AvgIpc) is 3.13. The van der Waals surface area contributed by atoms with Crippen LogP contribution in [0.4, 0.5) is 5.82 Å². The molecule has 0 saturated carbocycles. The zero-order valence-corrected chi connectivity index (χ0v) is 16.0. The molecule has 2 aromatic rings. The van der Waals surface area contributed by atoms with Crippen molar-refractivity contribution in [3.63, 3.8) is 0 Å². The van der Waals surface area contributed by atoms with Crippen LogP contribution in [0.3, 0.4) is 0 Å². The molecule has 4 rings (SSSR count). The van der Waals surface area contributed by atoms with Crippen molar-refractivity contribution in [2.45, 2.75) is 58.0 Å². The Kier molecular flexibility index (Phi) is 5.48. The SMILES string of the molecule is Cc1ccc(NCC2CCCCN2CCn2nc3c(cc2=O)CCC3)nn1. The molecule has 1 unspecified atom stereocenters. The predicted octanol–water partition coefficient (Wildman–Crippen LogP) is 1.80. The van der Waals surface area contributed by atoms with Gasteiger partial charge in [-0.15, -0.1) is 5.10 Å². The Bertz CT molecular complexity index is 831. The minimum Gasteiger partial charge on any atom is -0.367 e. The number of anilines is 1. The standard InChI is InChI=1S/C20H28N6O/c1-15-8-9-19(23-22-15)21-14-17-6-2-3-10-25(17)11-12-26-20(27)13-16-5-4-7-18(16)24-26/h8-9,13,17H,2-7,10-12,14H2,1H3,(H,21,23). The van der Waals surface area contributed by atoms with Crippen LogP contribution in [-0.2, 0) is 19.4 Å². The molecular formula is C20H28N6O. The molecule has 1 fully saturated rings. The zero-order valence-electron chi connectivity index (χ0n) is 16.0. The lowest BCUT2D eigenvalue weighted by molar-refractivity contribution is 0.148. The Morgan fingerprint density at radius 2 is 2.07 bits per heavy atom. The molecule has 1 atom stereocenters. The van der Waals surface area contributed by atoms with E-state index in [1.807, 2.05) is 19.1 Å². The van der Waals surface area contributed by atoms with E-state index in [0.717, 1.165) is 61.7 Å². The molecule has 1 aliphatic carbocycles. The Hall–Kier alpha value is -2.28. The van der Waals surface area contributed by atoms with Gasteiger partial charge in [0.05, 0.1) is 17.9 Å². The summed E-state index contributed by atoms with van der Waals surface area (Å²) in [5, 5.41) is 16.3. The number of fused-ring (bicyclic) bond motifs is 1. The fraction of sp³-hybridized carbons (Fsp3) is 0.600. The number of hydrogen-bond donors (Lipinski definition) is 1. The van der Waals surface area contributed by atoms with Gasteiger partial charge in [-0.2, -0.15) is 10.2 Å². The van der Waals surface area contributed by atoms with Gasteiger partial charge in [-0.3, -0.25) is 9.69 Å². The smallest absolute Gasteiger partial charge is 0.267 e. The van der Waals surface area contributed by atoms with Crippen molar-refractivity contribution in [2.24, 2.45) is 0 Å². The number of nitrogens with zero attached hydrogens (tertiary/aromatic N) is 5. The molecule has 0 amide bonds. The average molecular weight is 368 g/mol. The largest absolute Gasteiger partial charge is 0.367 e. The third-order valence-corrected chi connectivity index (χ3v) is 5.69. The topological polar surface area (TPSA) is 75.9 Å². The molecular weight excluding hydrogens is 340 g/mol. The number of hydrogen-bond acceptors (Lipinski definition) is 6. The molecule has 27 heavy (non-hydrogen) atoms. The van der Waals surface area contributed by atoms with Gasteiger partial charge in [-0.25, -0.2) is 4.68 Å². The van der Waals surface area contributed by atoms with E-state index >= 15 is 0 Å². The van der Waals surface area contributed by atoms with Crippen molar-refractivity contribution in [3.8, 4) is 0 Å². The molecule has 1 N–H and O–H groups in total. The molecule has 0 radical (unpaired) electrons. The zero-order chi connectivity index (χ0) is 18.6. The summed E-state index contributed by atoms with van der Waals surface area (Å²) in [6.07, 6.45) is 6.75. The molecule has 1 saturated heterocycles. The van der Waals surface area contributed by atoms with Crippen LogP contribution < -0.4 is 10.9 Å². The molecule has 2 aliphatic rings. The van der Waals surface area contributed by atoms with Crippen LogP contribution in [0.15, 0.2) is 23.0 Å². The molecule has 3 heterocycles. The number of nitrogens with one attached hydrogen (secondary N) is 1. The van der Waals surface area contributed by atoms with Gasteiger partial charge >= 0.3 is 0 Å². The van der Waals surface area contributed by atoms with Crippen LogP contribution in [0, 0.1) is 6.92 Å². The number of likely N-dealkylation sites (tertiary alicyclic amines) is 1. The summed E-state index contributed by atoms with van der Waals surface area (Å²) in [4.78, 5) is 14.8. The van der Waals surface area contributed by atoms with Crippen molar-refractivity contribution in [2.75, 3.05) is 25.0 Å². The fourth-order valence-electron chi connectivity index (χ4n) is 4.12. The van der Waals surface area contributed by atoms with Gasteiger partial charge in [0.2, 0.25) is 0 Å². The first-order valence-corrected chi connectivity index (χ1v) is 10.1. The van der Waals surface area contributed by atoms with E-state index in [-0.39, 0.29) is 5.56 Å². The molecule has 7 nitrogen and oxygen atoms in total. The van der Waals surface area contributed by atoms with Gasteiger partial charge in [0.1, 0.15) is 5.82 Å². The second-order valence-corrected chi connectivity index (χ2v) is 7.66. The van der Waals surface area contributed by atoms with Gasteiger partial charge in [0, 0.05) is 25.2 Å². The molecule has 0 aromatic carbocycles. The van der Waals surface area contributed by atoms with Gasteiger partial charge in [-0.05, 0) is 63.3 Å². The van der Waals surface area contributed by atoms with Crippen molar-refractivity contribution in [3.05, 3.63) is 45.5 Å². The number of aromatic nitrogens is 4. The quantitative estimate of drug-likeness (QED) is 0.838. The maximum atomic E-state index is 12.3. The summed E-state index contributed by atoms with van der Waals surface area (Å²) in [6.45, 7) is 5.38. The highest BCUT2D eigenvalue weighted by atomic mass is 16.1. The maximum Gasteiger partial charge on any atom is 0.267 e. The Morgan fingerprint density at radius 3 is 2.93 bits per heavy atom. The van der Waals surface area contributed by atoms with Crippen molar-refractivity contribution in [1.29, 1.82) is 0 Å². The molecule has 0 bridgehead atoms. The van der Waals surface area contributed by atoms with Gasteiger partial charge < -0.3 is 5.32 Å². The van der Waals surface area contributed by atoms with E-state index in [2.05, 4.69) is 25.5 Å². The fourth-order valence-corrected chi connectivity index (χ4v) is 4.12. The first-order valence-electron chi connectivity index (χ1n) is 10.1.